The average Bonchev–Trinajstić information content (AvgIpc) is 2.82. The maximum Gasteiger partial charge on any atom is 0.255 e. The van der Waals surface area contributed by atoms with Gasteiger partial charge in [0.15, 0.2) is 0 Å². The highest BCUT2D eigenvalue weighted by Crippen LogP contribution is 2.05. The number of hydrogen-bond donors (Lipinski definition) is 0. The van der Waals surface area contributed by atoms with Crippen LogP contribution in [0.15, 0.2) is 12.4 Å². The highest BCUT2D eigenvalue weighted by Gasteiger charge is 2.03. The highest BCUT2D eigenvalue weighted by molar-refractivity contribution is 5.30. The van der Waals surface area contributed by atoms with Crippen LogP contribution in [0, 0.1) is 6.92 Å². The Labute approximate surface area is 105 Å². The number of rotatable bonds is 7. The number of nitrogens with zero attached hydrogens (tertiary/aromatic N) is 4. The maximum absolute atomic E-state index is 5.35. The molecule has 0 spiro atoms. The van der Waals surface area contributed by atoms with Crippen molar-refractivity contribution in [2.24, 2.45) is 0 Å². The minimum Gasteiger partial charge on any atom is -0.382 e. The molecule has 0 atom stereocenters. The third-order valence-corrected chi connectivity index (χ3v) is 2.38. The van der Waals surface area contributed by atoms with Crippen LogP contribution in [0.1, 0.15) is 11.4 Å². The first-order valence-corrected chi connectivity index (χ1v) is 5.62. The highest BCUT2D eigenvalue weighted by atomic mass is 16.7. The normalized spacial score (nSPS) is 11.2. The Hall–Kier alpha value is -1.57. The van der Waals surface area contributed by atoms with Crippen LogP contribution in [-0.4, -0.2) is 46.7 Å². The lowest BCUT2D eigenvalue weighted by atomic mass is 10.3. The van der Waals surface area contributed by atoms with Gasteiger partial charge in [-0.15, -0.1) is 10.2 Å². The van der Waals surface area contributed by atoms with E-state index in [0.717, 1.165) is 11.4 Å². The van der Waals surface area contributed by atoms with Crippen molar-refractivity contribution in [1.82, 2.24) is 19.6 Å². The Kier molecular flexibility index (Phi) is 4.57. The molecule has 2 rings (SSSR count). The second-order valence-electron chi connectivity index (χ2n) is 3.76. The summed E-state index contributed by atoms with van der Waals surface area (Å²) in [4.78, 5) is 4.31. The molecule has 18 heavy (non-hydrogen) atoms. The molecule has 0 aliphatic carbocycles. The first-order valence-electron chi connectivity index (χ1n) is 5.62. The Bertz CT molecular complexity index is 500. The quantitative estimate of drug-likeness (QED) is 0.530. The van der Waals surface area contributed by atoms with E-state index in [2.05, 4.69) is 15.2 Å². The Morgan fingerprint density at radius 1 is 1.28 bits per heavy atom. The summed E-state index contributed by atoms with van der Waals surface area (Å²) in [7, 11) is 1.63. The molecule has 0 saturated heterocycles. The van der Waals surface area contributed by atoms with E-state index in [-0.39, 0.29) is 6.79 Å². The van der Waals surface area contributed by atoms with Gasteiger partial charge in [-0.2, -0.15) is 0 Å². The molecule has 0 unspecified atom stereocenters. The van der Waals surface area contributed by atoms with Crippen LogP contribution in [-0.2, 0) is 20.8 Å². The van der Waals surface area contributed by atoms with Gasteiger partial charge in [0.25, 0.3) is 5.78 Å². The number of hydrogen-bond acceptors (Lipinski definition) is 6. The molecule has 7 nitrogen and oxygen atoms in total. The lowest BCUT2D eigenvalue weighted by Gasteiger charge is -2.06. The fourth-order valence-corrected chi connectivity index (χ4v) is 1.51. The SMILES string of the molecule is COCCOCOCc1cc(C)n2cnnc2n1. The molecule has 2 aromatic rings. The predicted molar refractivity (Wildman–Crippen MR) is 63.0 cm³/mol. The van der Waals surface area contributed by atoms with Crippen molar-refractivity contribution in [2.45, 2.75) is 13.5 Å². The summed E-state index contributed by atoms with van der Waals surface area (Å²) in [5, 5.41) is 7.71. The number of ether oxygens (including phenoxy) is 3. The van der Waals surface area contributed by atoms with Crippen molar-refractivity contribution in [3.63, 3.8) is 0 Å². The fraction of sp³-hybridized carbons (Fsp3) is 0.545. The third kappa shape index (κ3) is 3.22. The van der Waals surface area contributed by atoms with Gasteiger partial charge < -0.3 is 14.2 Å². The van der Waals surface area contributed by atoms with Crippen LogP contribution in [0.2, 0.25) is 0 Å². The van der Waals surface area contributed by atoms with Gasteiger partial charge in [-0.05, 0) is 13.0 Å². The molecule has 0 aromatic carbocycles. The van der Waals surface area contributed by atoms with E-state index in [1.165, 1.54) is 0 Å². The van der Waals surface area contributed by atoms with E-state index < -0.39 is 0 Å². The van der Waals surface area contributed by atoms with Gasteiger partial charge in [0.1, 0.15) is 13.1 Å². The topological polar surface area (TPSA) is 70.8 Å². The molecule has 0 saturated carbocycles. The van der Waals surface area contributed by atoms with Gasteiger partial charge in [-0.1, -0.05) is 0 Å². The minimum atomic E-state index is 0.224. The van der Waals surface area contributed by atoms with E-state index in [1.807, 2.05) is 17.4 Å². The smallest absolute Gasteiger partial charge is 0.255 e. The van der Waals surface area contributed by atoms with E-state index in [9.17, 15) is 0 Å². The molecular formula is C11H16N4O3. The van der Waals surface area contributed by atoms with Gasteiger partial charge in [-0.3, -0.25) is 4.40 Å². The molecular weight excluding hydrogens is 236 g/mol. The molecule has 0 bridgehead atoms. The molecule has 0 N–H and O–H groups in total. The van der Waals surface area contributed by atoms with Crippen LogP contribution in [0.3, 0.4) is 0 Å². The standard InChI is InChI=1S/C11H16N4O3/c1-9-5-10(6-18-8-17-4-3-16-2)13-11-14-12-7-15(9)11/h5,7H,3-4,6,8H2,1-2H3. The zero-order chi connectivity index (χ0) is 12.8. The first-order chi connectivity index (χ1) is 8.81. The summed E-state index contributed by atoms with van der Waals surface area (Å²) >= 11 is 0. The Balaban J connectivity index is 1.84. The van der Waals surface area contributed by atoms with E-state index in [1.54, 1.807) is 13.4 Å². The van der Waals surface area contributed by atoms with Crippen molar-refractivity contribution in [1.29, 1.82) is 0 Å². The molecule has 0 amide bonds. The van der Waals surface area contributed by atoms with E-state index >= 15 is 0 Å². The first kappa shape index (κ1) is 12.9. The zero-order valence-electron chi connectivity index (χ0n) is 10.5. The van der Waals surface area contributed by atoms with Gasteiger partial charge in [-0.25, -0.2) is 4.98 Å². The van der Waals surface area contributed by atoms with Gasteiger partial charge in [0.05, 0.1) is 25.5 Å². The second kappa shape index (κ2) is 6.39. The van der Waals surface area contributed by atoms with Gasteiger partial charge in [0, 0.05) is 12.8 Å². The molecule has 0 radical (unpaired) electrons. The Morgan fingerprint density at radius 2 is 2.17 bits per heavy atom. The predicted octanol–water partition coefficient (Wildman–Crippen LogP) is 0.570. The molecule has 2 aromatic heterocycles. The molecule has 0 fully saturated rings. The summed E-state index contributed by atoms with van der Waals surface area (Å²) < 4.78 is 17.2. The summed E-state index contributed by atoms with van der Waals surface area (Å²) in [6.07, 6.45) is 1.64. The summed E-state index contributed by atoms with van der Waals surface area (Å²) in [6, 6.07) is 1.94. The average molecular weight is 252 g/mol. The Morgan fingerprint density at radius 3 is 3.00 bits per heavy atom. The second-order valence-corrected chi connectivity index (χ2v) is 3.76. The van der Waals surface area contributed by atoms with Crippen molar-refractivity contribution in [2.75, 3.05) is 27.1 Å². The van der Waals surface area contributed by atoms with Gasteiger partial charge >= 0.3 is 0 Å². The molecule has 0 aliphatic rings. The molecule has 7 heteroatoms. The van der Waals surface area contributed by atoms with Crippen LogP contribution in [0.25, 0.3) is 5.78 Å². The summed E-state index contributed by atoms with van der Waals surface area (Å²) in [5.41, 5.74) is 1.83. The lowest BCUT2D eigenvalue weighted by molar-refractivity contribution is -0.0732. The number of aryl methyl sites for hydroxylation is 1. The van der Waals surface area contributed by atoms with Crippen molar-refractivity contribution < 1.29 is 14.2 Å². The largest absolute Gasteiger partial charge is 0.382 e. The molecule has 2 heterocycles. The van der Waals surface area contributed by atoms with Crippen LogP contribution in [0.5, 0.6) is 0 Å². The zero-order valence-corrected chi connectivity index (χ0v) is 10.5. The van der Waals surface area contributed by atoms with Crippen LogP contribution < -0.4 is 0 Å². The third-order valence-electron chi connectivity index (χ3n) is 2.38. The monoisotopic (exact) mass is 252 g/mol. The maximum atomic E-state index is 5.35. The summed E-state index contributed by atoms with van der Waals surface area (Å²) in [6.45, 7) is 3.66. The minimum absolute atomic E-state index is 0.224. The summed E-state index contributed by atoms with van der Waals surface area (Å²) in [5.74, 6) is 0.578. The van der Waals surface area contributed by atoms with Crippen molar-refractivity contribution >= 4 is 5.78 Å². The van der Waals surface area contributed by atoms with Gasteiger partial charge in [0.2, 0.25) is 0 Å². The number of fused-ring (bicyclic) bond motifs is 1. The number of methoxy groups -OCH3 is 1. The lowest BCUT2D eigenvalue weighted by Crippen LogP contribution is -2.07. The van der Waals surface area contributed by atoms with E-state index in [4.69, 9.17) is 14.2 Å². The number of aromatic nitrogens is 4. The fourth-order valence-electron chi connectivity index (χ4n) is 1.51. The van der Waals surface area contributed by atoms with Crippen LogP contribution >= 0.6 is 0 Å². The molecule has 0 aliphatic heterocycles. The van der Waals surface area contributed by atoms with E-state index in [0.29, 0.717) is 25.6 Å². The van der Waals surface area contributed by atoms with Crippen LogP contribution in [0.4, 0.5) is 0 Å². The molecule has 98 valence electrons. The van der Waals surface area contributed by atoms with Crippen molar-refractivity contribution in [3.05, 3.63) is 23.8 Å². The van der Waals surface area contributed by atoms with Crippen molar-refractivity contribution in [3.8, 4) is 0 Å².